The zero-order valence-corrected chi connectivity index (χ0v) is 12.1. The first-order valence-electron chi connectivity index (χ1n) is 6.32. The van der Waals surface area contributed by atoms with Crippen LogP contribution in [0.25, 0.3) is 0 Å². The summed E-state index contributed by atoms with van der Waals surface area (Å²) in [4.78, 5) is 16.1. The fourth-order valence-electron chi connectivity index (χ4n) is 1.49. The lowest BCUT2D eigenvalue weighted by Gasteiger charge is -2.12. The smallest absolute Gasteiger partial charge is 0.221 e. The average molecular weight is 280 g/mol. The van der Waals surface area contributed by atoms with Gasteiger partial charge in [-0.05, 0) is 25.5 Å². The quantitative estimate of drug-likeness (QED) is 0.658. The molecule has 1 amide bonds. The molecule has 19 heavy (non-hydrogen) atoms. The van der Waals surface area contributed by atoms with E-state index in [0.717, 1.165) is 6.42 Å². The summed E-state index contributed by atoms with van der Waals surface area (Å²) in [6, 6.07) is 3.78. The lowest BCUT2D eigenvalue weighted by atomic mass is 10.2. The van der Waals surface area contributed by atoms with E-state index in [4.69, 9.17) is 18.0 Å². The van der Waals surface area contributed by atoms with Gasteiger partial charge in [-0.25, -0.2) is 4.98 Å². The monoisotopic (exact) mass is 280 g/mol. The molecule has 1 aromatic rings. The molecule has 1 unspecified atom stereocenters. The molecule has 4 N–H and O–H groups in total. The molecule has 5 nitrogen and oxygen atoms in total. The van der Waals surface area contributed by atoms with Crippen LogP contribution in [0.5, 0.6) is 0 Å². The van der Waals surface area contributed by atoms with Crippen LogP contribution < -0.4 is 16.4 Å². The summed E-state index contributed by atoms with van der Waals surface area (Å²) in [7, 11) is 0. The molecule has 1 heterocycles. The molecule has 0 bridgehead atoms. The van der Waals surface area contributed by atoms with Crippen molar-refractivity contribution in [2.24, 2.45) is 5.73 Å². The number of nitrogens with zero attached hydrogens (tertiary/aromatic N) is 1. The summed E-state index contributed by atoms with van der Waals surface area (Å²) >= 11 is 4.94. The topological polar surface area (TPSA) is 80.0 Å². The van der Waals surface area contributed by atoms with Crippen molar-refractivity contribution >= 4 is 28.9 Å². The van der Waals surface area contributed by atoms with Crippen LogP contribution in [-0.4, -0.2) is 28.5 Å². The van der Waals surface area contributed by atoms with Gasteiger partial charge in [-0.1, -0.05) is 19.1 Å². The van der Waals surface area contributed by atoms with Gasteiger partial charge in [0.1, 0.15) is 10.8 Å². The summed E-state index contributed by atoms with van der Waals surface area (Å²) in [5, 5.41) is 5.98. The van der Waals surface area contributed by atoms with Crippen molar-refractivity contribution in [3.05, 3.63) is 23.9 Å². The van der Waals surface area contributed by atoms with Gasteiger partial charge >= 0.3 is 0 Å². The van der Waals surface area contributed by atoms with Gasteiger partial charge in [0.2, 0.25) is 5.91 Å². The lowest BCUT2D eigenvalue weighted by Crippen LogP contribution is -2.33. The van der Waals surface area contributed by atoms with Crippen molar-refractivity contribution in [3.63, 3.8) is 0 Å². The molecule has 6 heteroatoms. The number of amides is 1. The number of nitrogens with two attached hydrogens (primary N) is 1. The molecule has 0 saturated carbocycles. The number of hydrogen-bond acceptors (Lipinski definition) is 4. The third-order valence-electron chi connectivity index (χ3n) is 2.74. The third kappa shape index (κ3) is 5.21. The van der Waals surface area contributed by atoms with E-state index < -0.39 is 0 Å². The maximum absolute atomic E-state index is 11.6. The minimum Gasteiger partial charge on any atom is -0.389 e. The van der Waals surface area contributed by atoms with Crippen LogP contribution in [0.4, 0.5) is 5.82 Å². The van der Waals surface area contributed by atoms with E-state index in [1.165, 1.54) is 0 Å². The Morgan fingerprint density at radius 1 is 1.58 bits per heavy atom. The van der Waals surface area contributed by atoms with E-state index in [9.17, 15) is 4.79 Å². The van der Waals surface area contributed by atoms with Gasteiger partial charge < -0.3 is 16.4 Å². The molecule has 0 aliphatic rings. The molecule has 1 rings (SSSR count). The Bertz CT molecular complexity index is 450. The van der Waals surface area contributed by atoms with Gasteiger partial charge in [-0.2, -0.15) is 0 Å². The SMILES string of the molecule is CCC(C)NC(=O)CCNc1ncccc1C(N)=S. The van der Waals surface area contributed by atoms with Crippen molar-refractivity contribution < 1.29 is 4.79 Å². The van der Waals surface area contributed by atoms with Gasteiger partial charge in [-0.15, -0.1) is 0 Å². The van der Waals surface area contributed by atoms with Crippen molar-refractivity contribution in [1.82, 2.24) is 10.3 Å². The number of aromatic nitrogens is 1. The first-order chi connectivity index (χ1) is 9.04. The molecule has 104 valence electrons. The molecule has 0 radical (unpaired) electrons. The van der Waals surface area contributed by atoms with Crippen molar-refractivity contribution in [3.8, 4) is 0 Å². The van der Waals surface area contributed by atoms with Crippen LogP contribution >= 0.6 is 12.2 Å². The first-order valence-corrected chi connectivity index (χ1v) is 6.73. The van der Waals surface area contributed by atoms with Gasteiger partial charge in [0.15, 0.2) is 0 Å². The Kier molecular flexibility index (Phi) is 6.21. The van der Waals surface area contributed by atoms with E-state index >= 15 is 0 Å². The second kappa shape index (κ2) is 7.68. The molecule has 0 aliphatic carbocycles. The van der Waals surface area contributed by atoms with Crippen molar-refractivity contribution in [2.75, 3.05) is 11.9 Å². The molecule has 1 atom stereocenters. The molecule has 0 aliphatic heterocycles. The fraction of sp³-hybridized carbons (Fsp3) is 0.462. The lowest BCUT2D eigenvalue weighted by molar-refractivity contribution is -0.121. The highest BCUT2D eigenvalue weighted by molar-refractivity contribution is 7.80. The zero-order chi connectivity index (χ0) is 14.3. The molecule has 0 fully saturated rings. The Hall–Kier alpha value is -1.69. The number of carbonyl (C=O) groups excluding carboxylic acids is 1. The van der Waals surface area contributed by atoms with Crippen molar-refractivity contribution in [1.29, 1.82) is 0 Å². The highest BCUT2D eigenvalue weighted by Gasteiger charge is 2.07. The molecular weight excluding hydrogens is 260 g/mol. The van der Waals surface area contributed by atoms with E-state index in [0.29, 0.717) is 29.3 Å². The molecule has 1 aromatic heterocycles. The number of pyridine rings is 1. The third-order valence-corrected chi connectivity index (χ3v) is 2.96. The van der Waals surface area contributed by atoms with E-state index in [1.807, 2.05) is 13.8 Å². The van der Waals surface area contributed by atoms with Gasteiger partial charge in [0.25, 0.3) is 0 Å². The maximum atomic E-state index is 11.6. The molecule has 0 aromatic carbocycles. The Morgan fingerprint density at radius 3 is 2.95 bits per heavy atom. The maximum Gasteiger partial charge on any atom is 0.221 e. The molecule has 0 spiro atoms. The summed E-state index contributed by atoms with van der Waals surface area (Å²) in [5.41, 5.74) is 6.30. The summed E-state index contributed by atoms with van der Waals surface area (Å²) in [6.07, 6.45) is 2.96. The van der Waals surface area contributed by atoms with Crippen LogP contribution in [0.1, 0.15) is 32.3 Å². The van der Waals surface area contributed by atoms with Crippen molar-refractivity contribution in [2.45, 2.75) is 32.7 Å². The van der Waals surface area contributed by atoms with Gasteiger partial charge in [0, 0.05) is 25.2 Å². The van der Waals surface area contributed by atoms with Gasteiger partial charge in [0.05, 0.1) is 5.56 Å². The number of rotatable bonds is 7. The minimum absolute atomic E-state index is 0.0228. The second-order valence-corrected chi connectivity index (χ2v) is 4.76. The number of thiocarbonyl (C=S) groups is 1. The van der Waals surface area contributed by atoms with Crippen LogP contribution in [0, 0.1) is 0 Å². The van der Waals surface area contributed by atoms with Crippen LogP contribution in [0.2, 0.25) is 0 Å². The second-order valence-electron chi connectivity index (χ2n) is 4.32. The number of carbonyl (C=O) groups is 1. The molecular formula is C13H20N4OS. The Morgan fingerprint density at radius 2 is 2.32 bits per heavy atom. The predicted octanol–water partition coefficient (Wildman–Crippen LogP) is 1.43. The summed E-state index contributed by atoms with van der Waals surface area (Å²) in [5.74, 6) is 0.640. The zero-order valence-electron chi connectivity index (χ0n) is 11.3. The van der Waals surface area contributed by atoms with Crippen LogP contribution in [0.15, 0.2) is 18.3 Å². The highest BCUT2D eigenvalue weighted by Crippen LogP contribution is 2.10. The van der Waals surface area contributed by atoms with E-state index in [1.54, 1.807) is 18.3 Å². The summed E-state index contributed by atoms with van der Waals surface area (Å²) < 4.78 is 0. The standard InChI is InChI=1S/C13H20N4OS/c1-3-9(2)17-11(18)6-8-16-13-10(12(14)19)5-4-7-15-13/h4-5,7,9H,3,6,8H2,1-2H3,(H2,14,19)(H,15,16)(H,17,18). The largest absolute Gasteiger partial charge is 0.389 e. The highest BCUT2D eigenvalue weighted by atomic mass is 32.1. The predicted molar refractivity (Wildman–Crippen MR) is 81.1 cm³/mol. The number of nitrogens with one attached hydrogen (secondary N) is 2. The number of anilines is 1. The van der Waals surface area contributed by atoms with E-state index in [-0.39, 0.29) is 11.9 Å². The average Bonchev–Trinajstić information content (AvgIpc) is 2.38. The summed E-state index contributed by atoms with van der Waals surface area (Å²) in [6.45, 7) is 4.51. The van der Waals surface area contributed by atoms with E-state index in [2.05, 4.69) is 15.6 Å². The minimum atomic E-state index is 0.0228. The normalized spacial score (nSPS) is 11.7. The Balaban J connectivity index is 2.45. The van der Waals surface area contributed by atoms with Crippen LogP contribution in [0.3, 0.4) is 0 Å². The molecule has 0 saturated heterocycles. The van der Waals surface area contributed by atoms with Gasteiger partial charge in [-0.3, -0.25) is 4.79 Å². The number of hydrogen-bond donors (Lipinski definition) is 3. The van der Waals surface area contributed by atoms with Crippen LogP contribution in [-0.2, 0) is 4.79 Å². The fourth-order valence-corrected chi connectivity index (χ4v) is 1.65. The first kappa shape index (κ1) is 15.4. The Labute approximate surface area is 119 Å².